The molecule has 0 aliphatic heterocycles. The second-order valence-corrected chi connectivity index (χ2v) is 7.26. The Labute approximate surface area is 162 Å². The molecule has 0 radical (unpaired) electrons. The van der Waals surface area contributed by atoms with Crippen LogP contribution in [0, 0.1) is 0 Å². The zero-order valence-corrected chi connectivity index (χ0v) is 15.7. The Kier molecular flexibility index (Phi) is 5.45. The van der Waals surface area contributed by atoms with Gasteiger partial charge in [-0.2, -0.15) is 0 Å². The fourth-order valence-corrected chi connectivity index (χ4v) is 3.64. The van der Waals surface area contributed by atoms with E-state index in [0.717, 1.165) is 35.9 Å². The molecule has 28 heavy (non-hydrogen) atoms. The maximum absolute atomic E-state index is 11.9. The van der Waals surface area contributed by atoms with Crippen molar-refractivity contribution in [3.8, 4) is 5.75 Å². The lowest BCUT2D eigenvalue weighted by atomic mass is 9.96. The normalized spacial score (nSPS) is 15.0. The van der Waals surface area contributed by atoms with Crippen LogP contribution < -0.4 is 21.1 Å². The first-order valence-corrected chi connectivity index (χ1v) is 9.87. The van der Waals surface area contributed by atoms with Crippen LogP contribution in [0.15, 0.2) is 29.1 Å². The van der Waals surface area contributed by atoms with E-state index in [4.69, 9.17) is 4.74 Å². The number of carbonyl (C=O) groups excluding carboxylic acids is 1. The molecule has 2 amide bonds. The molecular formula is C20H25N5O3. The molecule has 1 aromatic carbocycles. The van der Waals surface area contributed by atoms with Crippen LogP contribution in [0.4, 0.5) is 4.79 Å². The first-order chi connectivity index (χ1) is 13.7. The Morgan fingerprint density at radius 1 is 1.18 bits per heavy atom. The first kappa shape index (κ1) is 18.3. The Morgan fingerprint density at radius 2 is 2.04 bits per heavy atom. The van der Waals surface area contributed by atoms with Gasteiger partial charge in [0.25, 0.3) is 0 Å². The van der Waals surface area contributed by atoms with E-state index >= 15 is 0 Å². The summed E-state index contributed by atoms with van der Waals surface area (Å²) in [4.78, 5) is 33.1. The molecule has 0 saturated heterocycles. The third-order valence-corrected chi connectivity index (χ3v) is 5.08. The van der Waals surface area contributed by atoms with Crippen LogP contribution in [-0.2, 0) is 0 Å². The second-order valence-electron chi connectivity index (χ2n) is 7.26. The van der Waals surface area contributed by atoms with E-state index in [2.05, 4.69) is 25.6 Å². The van der Waals surface area contributed by atoms with E-state index in [0.29, 0.717) is 30.4 Å². The number of nitrogens with one attached hydrogen (secondary N) is 4. The molecule has 8 nitrogen and oxygen atoms in total. The summed E-state index contributed by atoms with van der Waals surface area (Å²) in [5.74, 6) is 0.734. The topological polar surface area (TPSA) is 112 Å². The van der Waals surface area contributed by atoms with Gasteiger partial charge in [0, 0.05) is 18.0 Å². The van der Waals surface area contributed by atoms with E-state index in [1.165, 1.54) is 19.3 Å². The maximum Gasteiger partial charge on any atom is 0.325 e. The van der Waals surface area contributed by atoms with Gasteiger partial charge in [-0.05, 0) is 43.5 Å². The molecule has 1 aliphatic carbocycles. The fourth-order valence-electron chi connectivity index (χ4n) is 3.64. The number of aromatic nitrogens is 3. The number of hydrogen-bond donors (Lipinski definition) is 4. The number of H-pyrrole nitrogens is 2. The van der Waals surface area contributed by atoms with E-state index in [1.54, 1.807) is 0 Å². The minimum Gasteiger partial charge on any atom is -0.494 e. The van der Waals surface area contributed by atoms with Crippen molar-refractivity contribution < 1.29 is 9.53 Å². The Bertz CT molecular complexity index is 1020. The summed E-state index contributed by atoms with van der Waals surface area (Å²) < 4.78 is 5.78. The van der Waals surface area contributed by atoms with Gasteiger partial charge in [-0.3, -0.25) is 4.98 Å². The van der Waals surface area contributed by atoms with E-state index in [9.17, 15) is 9.59 Å². The number of benzene rings is 1. The highest BCUT2D eigenvalue weighted by atomic mass is 16.5. The van der Waals surface area contributed by atoms with Gasteiger partial charge in [0.2, 0.25) is 0 Å². The van der Waals surface area contributed by atoms with Gasteiger partial charge in [-0.15, -0.1) is 0 Å². The van der Waals surface area contributed by atoms with Crippen molar-refractivity contribution in [1.29, 1.82) is 0 Å². The molecule has 148 valence electrons. The van der Waals surface area contributed by atoms with Gasteiger partial charge in [-0.1, -0.05) is 19.3 Å². The maximum atomic E-state index is 11.9. The van der Waals surface area contributed by atoms with Gasteiger partial charge in [0.15, 0.2) is 5.65 Å². The van der Waals surface area contributed by atoms with Crippen molar-refractivity contribution in [1.82, 2.24) is 25.6 Å². The Morgan fingerprint density at radius 3 is 2.89 bits per heavy atom. The lowest BCUT2D eigenvalue weighted by molar-refractivity contribution is 0.231. The van der Waals surface area contributed by atoms with Gasteiger partial charge >= 0.3 is 11.7 Å². The van der Waals surface area contributed by atoms with E-state index < -0.39 is 0 Å². The molecular weight excluding hydrogens is 358 g/mol. The number of amides is 2. The highest BCUT2D eigenvalue weighted by Crippen LogP contribution is 2.22. The van der Waals surface area contributed by atoms with Crippen LogP contribution in [0.2, 0.25) is 0 Å². The molecule has 0 atom stereocenters. The van der Waals surface area contributed by atoms with Gasteiger partial charge in [0.05, 0.1) is 17.6 Å². The zero-order valence-electron chi connectivity index (χ0n) is 15.7. The lowest BCUT2D eigenvalue weighted by Crippen LogP contribution is -2.43. The number of carbonyl (C=O) groups is 1. The summed E-state index contributed by atoms with van der Waals surface area (Å²) >= 11 is 0. The SMILES string of the molecule is O=C(NCCCOc1ccc2nc3[nH]c(=O)[nH]c3cc2c1)NC1CCCCC1. The molecule has 1 saturated carbocycles. The van der Waals surface area contributed by atoms with E-state index in [-0.39, 0.29) is 11.7 Å². The number of pyridine rings is 1. The molecule has 2 heterocycles. The molecule has 2 aromatic heterocycles. The molecule has 8 heteroatoms. The number of imidazole rings is 1. The minimum absolute atomic E-state index is 0.0896. The summed E-state index contributed by atoms with van der Waals surface area (Å²) in [6.07, 6.45) is 6.55. The van der Waals surface area contributed by atoms with E-state index in [1.807, 2.05) is 24.3 Å². The smallest absolute Gasteiger partial charge is 0.325 e. The van der Waals surface area contributed by atoms with Crippen LogP contribution in [0.25, 0.3) is 22.1 Å². The van der Waals surface area contributed by atoms with Crippen molar-refractivity contribution in [2.75, 3.05) is 13.2 Å². The summed E-state index contributed by atoms with van der Waals surface area (Å²) in [6.45, 7) is 1.07. The average Bonchev–Trinajstić information content (AvgIpc) is 3.05. The number of ether oxygens (including phenoxy) is 1. The molecule has 1 aliphatic rings. The van der Waals surface area contributed by atoms with Crippen molar-refractivity contribution in [2.45, 2.75) is 44.6 Å². The summed E-state index contributed by atoms with van der Waals surface area (Å²) in [7, 11) is 0. The first-order valence-electron chi connectivity index (χ1n) is 9.87. The highest BCUT2D eigenvalue weighted by molar-refractivity contribution is 5.89. The number of rotatable bonds is 6. The molecule has 0 bridgehead atoms. The predicted molar refractivity (Wildman–Crippen MR) is 108 cm³/mol. The monoisotopic (exact) mass is 383 g/mol. The van der Waals surface area contributed by atoms with Crippen molar-refractivity contribution in [3.05, 3.63) is 34.7 Å². The fraction of sp³-hybridized carbons (Fsp3) is 0.450. The Hall–Kier alpha value is -3.03. The number of hydrogen-bond acceptors (Lipinski definition) is 4. The largest absolute Gasteiger partial charge is 0.494 e. The summed E-state index contributed by atoms with van der Waals surface area (Å²) in [5, 5.41) is 6.82. The minimum atomic E-state index is -0.269. The molecule has 1 fully saturated rings. The quantitative estimate of drug-likeness (QED) is 0.490. The van der Waals surface area contributed by atoms with Crippen molar-refractivity contribution in [2.24, 2.45) is 0 Å². The van der Waals surface area contributed by atoms with Crippen LogP contribution in [-0.4, -0.2) is 40.2 Å². The van der Waals surface area contributed by atoms with Crippen LogP contribution >= 0.6 is 0 Å². The van der Waals surface area contributed by atoms with Crippen LogP contribution in [0.5, 0.6) is 5.75 Å². The second kappa shape index (κ2) is 8.33. The summed E-state index contributed by atoms with van der Waals surface area (Å²) in [6, 6.07) is 7.72. The van der Waals surface area contributed by atoms with Gasteiger partial charge in [0.1, 0.15) is 5.75 Å². The molecule has 0 unspecified atom stereocenters. The van der Waals surface area contributed by atoms with Gasteiger partial charge in [-0.25, -0.2) is 14.6 Å². The molecule has 4 N–H and O–H groups in total. The van der Waals surface area contributed by atoms with Crippen LogP contribution in [0.3, 0.4) is 0 Å². The Balaban J connectivity index is 1.24. The van der Waals surface area contributed by atoms with Crippen LogP contribution in [0.1, 0.15) is 38.5 Å². The summed E-state index contributed by atoms with van der Waals surface area (Å²) in [5.41, 5.74) is 1.73. The predicted octanol–water partition coefficient (Wildman–Crippen LogP) is 2.81. The molecule has 3 aromatic rings. The zero-order chi connectivity index (χ0) is 19.3. The lowest BCUT2D eigenvalue weighted by Gasteiger charge is -2.22. The highest BCUT2D eigenvalue weighted by Gasteiger charge is 2.15. The van der Waals surface area contributed by atoms with Gasteiger partial charge < -0.3 is 20.4 Å². The number of nitrogens with zero attached hydrogens (tertiary/aromatic N) is 1. The van der Waals surface area contributed by atoms with Crippen molar-refractivity contribution >= 4 is 28.1 Å². The number of aromatic amines is 2. The standard InChI is InChI=1S/C20H25N5O3/c26-19(22-14-5-2-1-3-6-14)21-9-4-10-28-15-7-8-16-13(11-15)12-17-18(23-16)25-20(27)24-17/h7-8,11-12,14H,1-6,9-10H2,(H2,21,22,26)(H2,23,24,25,27). The molecule has 4 rings (SSSR count). The van der Waals surface area contributed by atoms with Crippen molar-refractivity contribution in [3.63, 3.8) is 0 Å². The number of fused-ring (bicyclic) bond motifs is 2. The average molecular weight is 383 g/mol. The third kappa shape index (κ3) is 4.44. The number of urea groups is 1. The third-order valence-electron chi connectivity index (χ3n) is 5.08. The molecule has 0 spiro atoms.